The van der Waals surface area contributed by atoms with Gasteiger partial charge < -0.3 is 15.4 Å². The molecule has 1 amide bonds. The molecule has 0 bridgehead atoms. The molecule has 0 aliphatic heterocycles. The van der Waals surface area contributed by atoms with Gasteiger partial charge in [-0.25, -0.2) is 9.97 Å². The Bertz CT molecular complexity index is 806. The Morgan fingerprint density at radius 1 is 1.48 bits per heavy atom. The number of fused-ring (bicyclic) bond motifs is 1. The molecule has 2 heterocycles. The number of nitrogens with zero attached hydrogens (tertiary/aromatic N) is 2. The molecule has 1 unspecified atom stereocenters. The predicted molar refractivity (Wildman–Crippen MR) is 81.5 cm³/mol. The first-order valence-corrected chi connectivity index (χ1v) is 7.31. The number of thiazole rings is 1. The van der Waals surface area contributed by atoms with E-state index in [-0.39, 0.29) is 5.91 Å². The number of rotatable bonds is 3. The molecule has 2 aromatic heterocycles. The van der Waals surface area contributed by atoms with Crippen molar-refractivity contribution in [3.63, 3.8) is 0 Å². The first kappa shape index (κ1) is 13.7. The molecule has 21 heavy (non-hydrogen) atoms. The quantitative estimate of drug-likeness (QED) is 0.693. The van der Waals surface area contributed by atoms with Crippen molar-refractivity contribution in [1.82, 2.24) is 15.0 Å². The van der Waals surface area contributed by atoms with Crippen LogP contribution in [0, 0.1) is 6.92 Å². The van der Waals surface area contributed by atoms with Crippen molar-refractivity contribution in [2.45, 2.75) is 20.0 Å². The molecule has 0 saturated heterocycles. The number of carbonyl (C=O) groups excluding carboxylic acids is 1. The Morgan fingerprint density at radius 2 is 2.29 bits per heavy atom. The number of anilines is 1. The molecule has 1 atom stereocenters. The second-order valence-electron chi connectivity index (χ2n) is 4.75. The molecule has 1 aromatic carbocycles. The van der Waals surface area contributed by atoms with Gasteiger partial charge in [-0.05, 0) is 32.0 Å². The van der Waals surface area contributed by atoms with Gasteiger partial charge >= 0.3 is 0 Å². The standard InChI is InChI=1S/C14H14N4O2S/c1-7-12(21-6-15-7)14(20)16-9-3-4-10-11(5-9)18-13(17-10)8(2)19/h3-6,8,19H,1-2H3,(H,16,20)(H,17,18). The summed E-state index contributed by atoms with van der Waals surface area (Å²) in [7, 11) is 0. The molecule has 0 spiro atoms. The third kappa shape index (κ3) is 2.65. The Hall–Kier alpha value is -2.25. The first-order chi connectivity index (χ1) is 10.0. The lowest BCUT2D eigenvalue weighted by molar-refractivity contribution is 0.103. The molecule has 0 aliphatic carbocycles. The number of aryl methyl sites for hydroxylation is 1. The first-order valence-electron chi connectivity index (χ1n) is 6.44. The number of nitrogens with one attached hydrogen (secondary N) is 2. The summed E-state index contributed by atoms with van der Waals surface area (Å²) in [4.78, 5) is 24.1. The number of benzene rings is 1. The zero-order chi connectivity index (χ0) is 15.0. The average molecular weight is 302 g/mol. The van der Waals surface area contributed by atoms with Crippen LogP contribution in [0.4, 0.5) is 5.69 Å². The van der Waals surface area contributed by atoms with Crippen LogP contribution in [0.1, 0.15) is 34.2 Å². The summed E-state index contributed by atoms with van der Waals surface area (Å²) in [6, 6.07) is 5.37. The maximum Gasteiger partial charge on any atom is 0.267 e. The van der Waals surface area contributed by atoms with E-state index in [2.05, 4.69) is 20.3 Å². The summed E-state index contributed by atoms with van der Waals surface area (Å²) in [6.07, 6.45) is -0.657. The number of amides is 1. The molecule has 0 radical (unpaired) electrons. The third-order valence-electron chi connectivity index (χ3n) is 3.11. The molecule has 0 fully saturated rings. The highest BCUT2D eigenvalue weighted by molar-refractivity contribution is 7.12. The highest BCUT2D eigenvalue weighted by Gasteiger charge is 2.13. The lowest BCUT2D eigenvalue weighted by Crippen LogP contribution is -2.11. The van der Waals surface area contributed by atoms with Gasteiger partial charge in [0.15, 0.2) is 0 Å². The van der Waals surface area contributed by atoms with E-state index < -0.39 is 6.10 Å². The van der Waals surface area contributed by atoms with Gasteiger partial charge in [-0.2, -0.15) is 0 Å². The van der Waals surface area contributed by atoms with E-state index in [1.165, 1.54) is 11.3 Å². The number of aromatic nitrogens is 3. The van der Waals surface area contributed by atoms with E-state index in [1.54, 1.807) is 37.6 Å². The number of hydrogen-bond donors (Lipinski definition) is 3. The van der Waals surface area contributed by atoms with Gasteiger partial charge in [0.25, 0.3) is 5.91 Å². The summed E-state index contributed by atoms with van der Waals surface area (Å²) in [5.74, 6) is 0.330. The Kier molecular flexibility index (Phi) is 3.44. The summed E-state index contributed by atoms with van der Waals surface area (Å²) in [6.45, 7) is 3.45. The highest BCUT2D eigenvalue weighted by Crippen LogP contribution is 2.21. The van der Waals surface area contributed by atoms with E-state index in [9.17, 15) is 9.90 Å². The van der Waals surface area contributed by atoms with Crippen LogP contribution < -0.4 is 5.32 Å². The fourth-order valence-electron chi connectivity index (χ4n) is 2.01. The summed E-state index contributed by atoms with van der Waals surface area (Å²) < 4.78 is 0. The van der Waals surface area contributed by atoms with Crippen molar-refractivity contribution in [2.75, 3.05) is 5.32 Å². The topological polar surface area (TPSA) is 90.9 Å². The van der Waals surface area contributed by atoms with Gasteiger partial charge in [-0.3, -0.25) is 4.79 Å². The maximum atomic E-state index is 12.1. The zero-order valence-corrected chi connectivity index (χ0v) is 12.4. The second-order valence-corrected chi connectivity index (χ2v) is 5.61. The fraction of sp³-hybridized carbons (Fsp3) is 0.214. The van der Waals surface area contributed by atoms with Crippen LogP contribution in [0.15, 0.2) is 23.7 Å². The fourth-order valence-corrected chi connectivity index (χ4v) is 2.71. The van der Waals surface area contributed by atoms with Crippen molar-refractivity contribution < 1.29 is 9.90 Å². The summed E-state index contributed by atoms with van der Waals surface area (Å²) in [5.41, 5.74) is 4.55. The van der Waals surface area contributed by atoms with Gasteiger partial charge in [0.05, 0.1) is 22.2 Å². The predicted octanol–water partition coefficient (Wildman–Crippen LogP) is 2.63. The number of H-pyrrole nitrogens is 1. The van der Waals surface area contributed by atoms with Crippen LogP contribution in [-0.4, -0.2) is 26.0 Å². The highest BCUT2D eigenvalue weighted by atomic mass is 32.1. The monoisotopic (exact) mass is 302 g/mol. The molecule has 3 aromatic rings. The van der Waals surface area contributed by atoms with E-state index in [4.69, 9.17) is 0 Å². The SMILES string of the molecule is Cc1ncsc1C(=O)Nc1ccc2nc(C(C)O)[nH]c2c1. The molecule has 6 nitrogen and oxygen atoms in total. The molecule has 3 N–H and O–H groups in total. The Morgan fingerprint density at radius 3 is 2.95 bits per heavy atom. The molecule has 0 aliphatic rings. The van der Waals surface area contributed by atoms with Crippen molar-refractivity contribution in [1.29, 1.82) is 0 Å². The smallest absolute Gasteiger partial charge is 0.267 e. The molecule has 3 rings (SSSR count). The molecular weight excluding hydrogens is 288 g/mol. The largest absolute Gasteiger partial charge is 0.385 e. The lowest BCUT2D eigenvalue weighted by atomic mass is 10.2. The van der Waals surface area contributed by atoms with Crippen LogP contribution in [0.3, 0.4) is 0 Å². The molecule has 0 saturated carbocycles. The Balaban J connectivity index is 1.87. The van der Waals surface area contributed by atoms with Crippen LogP contribution in [0.2, 0.25) is 0 Å². The van der Waals surface area contributed by atoms with Crippen molar-refractivity contribution in [2.24, 2.45) is 0 Å². The molecule has 7 heteroatoms. The number of aliphatic hydroxyl groups excluding tert-OH is 1. The summed E-state index contributed by atoms with van der Waals surface area (Å²) in [5, 5.41) is 12.4. The van der Waals surface area contributed by atoms with Crippen LogP contribution in [0.5, 0.6) is 0 Å². The van der Waals surface area contributed by atoms with Crippen molar-refractivity contribution in [3.8, 4) is 0 Å². The van der Waals surface area contributed by atoms with Crippen molar-refractivity contribution in [3.05, 3.63) is 40.1 Å². The number of hydrogen-bond acceptors (Lipinski definition) is 5. The maximum absolute atomic E-state index is 12.1. The van der Waals surface area contributed by atoms with E-state index in [0.29, 0.717) is 16.4 Å². The second kappa shape index (κ2) is 5.27. The molecular formula is C14H14N4O2S. The minimum absolute atomic E-state index is 0.176. The summed E-state index contributed by atoms with van der Waals surface area (Å²) >= 11 is 1.31. The zero-order valence-electron chi connectivity index (χ0n) is 11.5. The minimum atomic E-state index is -0.657. The number of aliphatic hydroxyl groups is 1. The number of carbonyl (C=O) groups is 1. The van der Waals surface area contributed by atoms with Gasteiger partial charge in [0.2, 0.25) is 0 Å². The Labute approximate surface area is 124 Å². The van der Waals surface area contributed by atoms with Gasteiger partial charge in [-0.1, -0.05) is 0 Å². The number of imidazole rings is 1. The van der Waals surface area contributed by atoms with Gasteiger partial charge in [-0.15, -0.1) is 11.3 Å². The lowest BCUT2D eigenvalue weighted by Gasteiger charge is -2.03. The van der Waals surface area contributed by atoms with Crippen LogP contribution in [-0.2, 0) is 0 Å². The number of aromatic amines is 1. The van der Waals surface area contributed by atoms with Gasteiger partial charge in [0, 0.05) is 5.69 Å². The van der Waals surface area contributed by atoms with Crippen LogP contribution in [0.25, 0.3) is 11.0 Å². The minimum Gasteiger partial charge on any atom is -0.385 e. The average Bonchev–Trinajstić information content (AvgIpc) is 3.04. The van der Waals surface area contributed by atoms with Gasteiger partial charge in [0.1, 0.15) is 16.8 Å². The van der Waals surface area contributed by atoms with Crippen molar-refractivity contribution >= 4 is 34.0 Å². The van der Waals surface area contributed by atoms with E-state index >= 15 is 0 Å². The van der Waals surface area contributed by atoms with E-state index in [0.717, 1.165) is 16.7 Å². The van der Waals surface area contributed by atoms with Crippen LogP contribution >= 0.6 is 11.3 Å². The third-order valence-corrected chi connectivity index (χ3v) is 4.03. The molecule has 108 valence electrons. The van der Waals surface area contributed by atoms with E-state index in [1.807, 2.05) is 0 Å². The normalized spacial score (nSPS) is 12.5.